The first-order valence-corrected chi connectivity index (χ1v) is 8.13. The number of ether oxygens (including phenoxy) is 3. The Morgan fingerprint density at radius 2 is 1.57 bits per heavy atom. The van der Waals surface area contributed by atoms with E-state index in [0.717, 1.165) is 18.8 Å². The molecule has 0 heterocycles. The van der Waals surface area contributed by atoms with E-state index in [4.69, 9.17) is 14.2 Å². The first kappa shape index (κ1) is 18.0. The van der Waals surface area contributed by atoms with Crippen molar-refractivity contribution in [1.29, 1.82) is 0 Å². The summed E-state index contributed by atoms with van der Waals surface area (Å²) in [5.41, 5.74) is 0. The smallest absolute Gasteiger partial charge is 0.347 e. The van der Waals surface area contributed by atoms with Crippen LogP contribution in [-0.4, -0.2) is 37.9 Å². The van der Waals surface area contributed by atoms with Crippen molar-refractivity contribution in [3.05, 3.63) is 0 Å². The second-order valence-electron chi connectivity index (χ2n) is 5.40. The predicted molar refractivity (Wildman–Crippen MR) is 78.8 cm³/mol. The van der Waals surface area contributed by atoms with Gasteiger partial charge in [0.1, 0.15) is 0 Å². The summed E-state index contributed by atoms with van der Waals surface area (Å²) < 4.78 is 15.1. The van der Waals surface area contributed by atoms with E-state index in [1.807, 2.05) is 0 Å². The van der Waals surface area contributed by atoms with E-state index in [2.05, 4.69) is 0 Å². The Morgan fingerprint density at radius 3 is 2.10 bits per heavy atom. The van der Waals surface area contributed by atoms with Crippen LogP contribution >= 0.6 is 0 Å². The van der Waals surface area contributed by atoms with Crippen molar-refractivity contribution in [3.8, 4) is 0 Å². The standard InChI is InChI=1S/C16H28O5/c1-3-19-15(17)14(16(18)20-4-2)21-12-8-11-13-9-6-5-7-10-13/h13-14H,3-12H2,1-2H3. The molecule has 1 aliphatic rings. The number of rotatable bonds is 9. The van der Waals surface area contributed by atoms with Crippen LogP contribution in [0.2, 0.25) is 0 Å². The average Bonchev–Trinajstić information content (AvgIpc) is 2.48. The van der Waals surface area contributed by atoms with Crippen molar-refractivity contribution in [3.63, 3.8) is 0 Å². The lowest BCUT2D eigenvalue weighted by atomic mass is 9.86. The van der Waals surface area contributed by atoms with Crippen LogP contribution in [0.3, 0.4) is 0 Å². The maximum Gasteiger partial charge on any atom is 0.347 e. The van der Waals surface area contributed by atoms with Crippen molar-refractivity contribution < 1.29 is 23.8 Å². The molecular weight excluding hydrogens is 272 g/mol. The third-order valence-electron chi connectivity index (χ3n) is 3.77. The second kappa shape index (κ2) is 10.6. The van der Waals surface area contributed by atoms with E-state index in [0.29, 0.717) is 6.61 Å². The Morgan fingerprint density at radius 1 is 1.00 bits per heavy atom. The van der Waals surface area contributed by atoms with E-state index in [9.17, 15) is 9.59 Å². The molecule has 5 nitrogen and oxygen atoms in total. The first-order valence-electron chi connectivity index (χ1n) is 8.13. The molecule has 0 aliphatic heterocycles. The molecule has 1 fully saturated rings. The van der Waals surface area contributed by atoms with Crippen LogP contribution in [0.4, 0.5) is 0 Å². The van der Waals surface area contributed by atoms with Gasteiger partial charge in [-0.15, -0.1) is 0 Å². The Bertz CT molecular complexity index is 292. The van der Waals surface area contributed by atoms with Crippen LogP contribution in [0.15, 0.2) is 0 Å². The average molecular weight is 300 g/mol. The summed E-state index contributed by atoms with van der Waals surface area (Å²) in [6, 6.07) is 0. The van der Waals surface area contributed by atoms with Crippen molar-refractivity contribution in [1.82, 2.24) is 0 Å². The summed E-state index contributed by atoms with van der Waals surface area (Å²) in [5.74, 6) is -0.548. The fourth-order valence-electron chi connectivity index (χ4n) is 2.72. The van der Waals surface area contributed by atoms with Crippen LogP contribution in [-0.2, 0) is 23.8 Å². The number of hydrogen-bond acceptors (Lipinski definition) is 5. The van der Waals surface area contributed by atoms with Gasteiger partial charge in [0, 0.05) is 6.61 Å². The lowest BCUT2D eigenvalue weighted by molar-refractivity contribution is -0.173. The van der Waals surface area contributed by atoms with Gasteiger partial charge in [-0.05, 0) is 32.6 Å². The molecule has 0 amide bonds. The highest BCUT2D eigenvalue weighted by Crippen LogP contribution is 2.27. The minimum absolute atomic E-state index is 0.222. The molecule has 0 atom stereocenters. The summed E-state index contributed by atoms with van der Waals surface area (Å²) in [4.78, 5) is 23.4. The van der Waals surface area contributed by atoms with Gasteiger partial charge in [-0.25, -0.2) is 9.59 Å². The van der Waals surface area contributed by atoms with Gasteiger partial charge in [0.2, 0.25) is 0 Å². The van der Waals surface area contributed by atoms with Gasteiger partial charge in [-0.3, -0.25) is 0 Å². The maximum absolute atomic E-state index is 11.7. The molecule has 0 bridgehead atoms. The Labute approximate surface area is 127 Å². The van der Waals surface area contributed by atoms with Gasteiger partial charge in [0.25, 0.3) is 6.10 Å². The topological polar surface area (TPSA) is 61.8 Å². The van der Waals surface area contributed by atoms with Gasteiger partial charge >= 0.3 is 11.9 Å². The number of hydrogen-bond donors (Lipinski definition) is 0. The van der Waals surface area contributed by atoms with Crippen LogP contribution in [0.25, 0.3) is 0 Å². The third-order valence-corrected chi connectivity index (χ3v) is 3.77. The molecule has 0 radical (unpaired) electrons. The number of esters is 2. The monoisotopic (exact) mass is 300 g/mol. The molecule has 0 unspecified atom stereocenters. The van der Waals surface area contributed by atoms with E-state index < -0.39 is 18.0 Å². The first-order chi connectivity index (χ1) is 10.2. The second-order valence-corrected chi connectivity index (χ2v) is 5.40. The fourth-order valence-corrected chi connectivity index (χ4v) is 2.72. The highest BCUT2D eigenvalue weighted by molar-refractivity contribution is 5.98. The minimum atomic E-state index is -1.24. The molecule has 1 saturated carbocycles. The van der Waals surface area contributed by atoms with Gasteiger partial charge in [-0.1, -0.05) is 32.1 Å². The van der Waals surface area contributed by atoms with E-state index >= 15 is 0 Å². The zero-order valence-corrected chi connectivity index (χ0v) is 13.3. The van der Waals surface area contributed by atoms with Crippen LogP contribution in [0.1, 0.15) is 58.8 Å². The summed E-state index contributed by atoms with van der Waals surface area (Å²) in [6.07, 6.45) is 7.29. The van der Waals surface area contributed by atoms with Gasteiger partial charge in [-0.2, -0.15) is 0 Å². The lowest BCUT2D eigenvalue weighted by Crippen LogP contribution is -2.36. The van der Waals surface area contributed by atoms with Crippen LogP contribution < -0.4 is 0 Å². The highest BCUT2D eigenvalue weighted by Gasteiger charge is 2.30. The van der Waals surface area contributed by atoms with Crippen molar-refractivity contribution in [2.75, 3.05) is 19.8 Å². The Balaban J connectivity index is 2.30. The molecular formula is C16H28O5. The van der Waals surface area contributed by atoms with E-state index in [-0.39, 0.29) is 13.2 Å². The van der Waals surface area contributed by atoms with E-state index in [1.165, 1.54) is 32.1 Å². The van der Waals surface area contributed by atoms with Gasteiger partial charge < -0.3 is 14.2 Å². The number of carbonyl (C=O) groups excluding carboxylic acids is 2. The molecule has 21 heavy (non-hydrogen) atoms. The zero-order valence-electron chi connectivity index (χ0n) is 13.3. The van der Waals surface area contributed by atoms with E-state index in [1.54, 1.807) is 13.8 Å². The van der Waals surface area contributed by atoms with Crippen molar-refractivity contribution in [2.24, 2.45) is 5.92 Å². The predicted octanol–water partition coefficient (Wildman–Crippen LogP) is 2.86. The number of carbonyl (C=O) groups is 2. The zero-order chi connectivity index (χ0) is 15.5. The third kappa shape index (κ3) is 6.93. The molecule has 1 aliphatic carbocycles. The lowest BCUT2D eigenvalue weighted by Gasteiger charge is -2.21. The molecule has 122 valence electrons. The quantitative estimate of drug-likeness (QED) is 0.372. The summed E-state index contributed by atoms with van der Waals surface area (Å²) in [5, 5.41) is 0. The van der Waals surface area contributed by atoms with Crippen LogP contribution in [0.5, 0.6) is 0 Å². The summed E-state index contributed by atoms with van der Waals surface area (Å²) in [6.45, 7) is 4.23. The minimum Gasteiger partial charge on any atom is -0.464 e. The largest absolute Gasteiger partial charge is 0.464 e. The highest BCUT2D eigenvalue weighted by atomic mass is 16.6. The molecule has 0 aromatic heterocycles. The molecule has 0 aromatic carbocycles. The molecule has 1 rings (SSSR count). The van der Waals surface area contributed by atoms with Gasteiger partial charge in [0.15, 0.2) is 0 Å². The van der Waals surface area contributed by atoms with Crippen molar-refractivity contribution in [2.45, 2.75) is 64.9 Å². The molecule has 5 heteroatoms. The van der Waals surface area contributed by atoms with Gasteiger partial charge in [0.05, 0.1) is 13.2 Å². The molecule has 0 spiro atoms. The molecule has 0 aromatic rings. The summed E-state index contributed by atoms with van der Waals surface area (Å²) >= 11 is 0. The Kier molecular flexibility index (Phi) is 9.06. The van der Waals surface area contributed by atoms with Crippen molar-refractivity contribution >= 4 is 11.9 Å². The molecule has 0 N–H and O–H groups in total. The fraction of sp³-hybridized carbons (Fsp3) is 0.875. The SMILES string of the molecule is CCOC(=O)C(OCCCC1CCCCC1)C(=O)OCC. The van der Waals surface area contributed by atoms with Crippen LogP contribution in [0, 0.1) is 5.92 Å². The Hall–Kier alpha value is -1.10. The normalized spacial score (nSPS) is 16.0. The molecule has 0 saturated heterocycles. The summed E-state index contributed by atoms with van der Waals surface area (Å²) in [7, 11) is 0. The maximum atomic E-state index is 11.7.